The van der Waals surface area contributed by atoms with Crippen LogP contribution in [0.1, 0.15) is 45.8 Å². The van der Waals surface area contributed by atoms with Crippen LogP contribution in [0.15, 0.2) is 34.9 Å². The fourth-order valence-corrected chi connectivity index (χ4v) is 3.95. The van der Waals surface area contributed by atoms with E-state index in [2.05, 4.69) is 10.3 Å². The van der Waals surface area contributed by atoms with Crippen LogP contribution in [-0.2, 0) is 24.1 Å². The summed E-state index contributed by atoms with van der Waals surface area (Å²) in [5.74, 6) is 0.0123. The van der Waals surface area contributed by atoms with Crippen LogP contribution >= 0.6 is 0 Å². The minimum Gasteiger partial charge on any atom is -0.480 e. The number of furan rings is 1. The zero-order valence-electron chi connectivity index (χ0n) is 15.2. The van der Waals surface area contributed by atoms with E-state index in [0.29, 0.717) is 11.3 Å². The summed E-state index contributed by atoms with van der Waals surface area (Å²) in [6, 6.07) is 6.71. The number of nitrogens with one attached hydrogen (secondary N) is 2. The standard InChI is InChI=1S/C21H22N2O4/c1-12-19(15-7-3-5-9-18(15)27-12)20(24)23-17(21(25)26)10-13-11-22-16-8-4-2-6-14(13)16/h2,4,6,8,11,17,22H,3,5,7,9-10H2,1H3,(H,23,24)(H,25,26)/t17-/m0/s1. The van der Waals surface area contributed by atoms with Crippen molar-refractivity contribution in [1.82, 2.24) is 10.3 Å². The lowest BCUT2D eigenvalue weighted by atomic mass is 9.94. The number of para-hydroxylation sites is 1. The summed E-state index contributed by atoms with van der Waals surface area (Å²) in [6.07, 6.45) is 5.72. The fourth-order valence-electron chi connectivity index (χ4n) is 3.95. The molecule has 1 atom stereocenters. The van der Waals surface area contributed by atoms with E-state index < -0.39 is 12.0 Å². The Kier molecular flexibility index (Phi) is 4.48. The normalized spacial score (nSPS) is 14.7. The molecule has 4 rings (SSSR count). The third kappa shape index (κ3) is 3.23. The van der Waals surface area contributed by atoms with E-state index in [9.17, 15) is 14.7 Å². The molecule has 3 N–H and O–H groups in total. The Morgan fingerprint density at radius 2 is 2.04 bits per heavy atom. The number of rotatable bonds is 5. The summed E-state index contributed by atoms with van der Waals surface area (Å²) in [7, 11) is 0. The predicted octanol–water partition coefficient (Wildman–Crippen LogP) is 3.37. The van der Waals surface area contributed by atoms with Gasteiger partial charge in [0, 0.05) is 35.5 Å². The molecule has 6 heteroatoms. The Hall–Kier alpha value is -3.02. The molecule has 0 spiro atoms. The van der Waals surface area contributed by atoms with Crippen molar-refractivity contribution in [2.75, 3.05) is 0 Å². The zero-order chi connectivity index (χ0) is 19.0. The highest BCUT2D eigenvalue weighted by atomic mass is 16.4. The Morgan fingerprint density at radius 3 is 2.85 bits per heavy atom. The van der Waals surface area contributed by atoms with Gasteiger partial charge in [0.25, 0.3) is 5.91 Å². The molecule has 1 aromatic carbocycles. The number of hydrogen-bond acceptors (Lipinski definition) is 3. The molecule has 27 heavy (non-hydrogen) atoms. The van der Waals surface area contributed by atoms with Crippen molar-refractivity contribution in [1.29, 1.82) is 0 Å². The van der Waals surface area contributed by atoms with E-state index in [-0.39, 0.29) is 12.3 Å². The van der Waals surface area contributed by atoms with Crippen LogP contribution in [0.3, 0.4) is 0 Å². The summed E-state index contributed by atoms with van der Waals surface area (Å²) in [4.78, 5) is 27.8. The lowest BCUT2D eigenvalue weighted by molar-refractivity contribution is -0.139. The van der Waals surface area contributed by atoms with Crippen molar-refractivity contribution in [3.63, 3.8) is 0 Å². The Bertz CT molecular complexity index is 1010. The average Bonchev–Trinajstić information content (AvgIpc) is 3.21. The second kappa shape index (κ2) is 6.95. The Labute approximate surface area is 156 Å². The SMILES string of the molecule is Cc1oc2c(c1C(=O)N[C@@H](Cc1c[nH]c3ccccc13)C(=O)O)CCCC2. The molecule has 0 aliphatic heterocycles. The molecule has 0 bridgehead atoms. The van der Waals surface area contributed by atoms with Crippen molar-refractivity contribution in [2.45, 2.75) is 45.1 Å². The number of H-pyrrole nitrogens is 1. The van der Waals surface area contributed by atoms with Gasteiger partial charge in [0.1, 0.15) is 17.6 Å². The molecule has 1 amide bonds. The van der Waals surface area contributed by atoms with Crippen LogP contribution in [0, 0.1) is 6.92 Å². The van der Waals surface area contributed by atoms with Crippen LogP contribution < -0.4 is 5.32 Å². The number of aromatic nitrogens is 1. The van der Waals surface area contributed by atoms with E-state index in [1.54, 1.807) is 13.1 Å². The molecule has 0 saturated heterocycles. The zero-order valence-corrected chi connectivity index (χ0v) is 15.2. The summed E-state index contributed by atoms with van der Waals surface area (Å²) in [5, 5.41) is 13.3. The van der Waals surface area contributed by atoms with Crippen LogP contribution in [0.5, 0.6) is 0 Å². The number of benzene rings is 1. The molecule has 0 radical (unpaired) electrons. The van der Waals surface area contributed by atoms with E-state index in [0.717, 1.165) is 53.5 Å². The highest BCUT2D eigenvalue weighted by Gasteiger charge is 2.28. The van der Waals surface area contributed by atoms with Gasteiger partial charge in [-0.25, -0.2) is 4.79 Å². The first-order valence-corrected chi connectivity index (χ1v) is 9.24. The smallest absolute Gasteiger partial charge is 0.326 e. The Morgan fingerprint density at radius 1 is 1.26 bits per heavy atom. The first-order chi connectivity index (χ1) is 13.0. The predicted molar refractivity (Wildman–Crippen MR) is 101 cm³/mol. The first-order valence-electron chi connectivity index (χ1n) is 9.24. The van der Waals surface area contributed by atoms with Gasteiger partial charge in [-0.15, -0.1) is 0 Å². The van der Waals surface area contributed by atoms with Crippen molar-refractivity contribution in [3.8, 4) is 0 Å². The van der Waals surface area contributed by atoms with E-state index in [1.807, 2.05) is 24.3 Å². The highest BCUT2D eigenvalue weighted by molar-refractivity contribution is 5.99. The van der Waals surface area contributed by atoms with Crippen molar-refractivity contribution in [3.05, 3.63) is 58.7 Å². The quantitative estimate of drug-likeness (QED) is 0.645. The molecule has 0 fully saturated rings. The van der Waals surface area contributed by atoms with E-state index >= 15 is 0 Å². The molecule has 6 nitrogen and oxygen atoms in total. The Balaban J connectivity index is 1.58. The van der Waals surface area contributed by atoms with Gasteiger partial charge in [0.05, 0.1) is 5.56 Å². The molecule has 1 aliphatic carbocycles. The molecular weight excluding hydrogens is 344 g/mol. The third-order valence-corrected chi connectivity index (χ3v) is 5.28. The number of carbonyl (C=O) groups excluding carboxylic acids is 1. The number of aromatic amines is 1. The van der Waals surface area contributed by atoms with Gasteiger partial charge >= 0.3 is 5.97 Å². The molecular formula is C21H22N2O4. The maximum absolute atomic E-state index is 12.9. The monoisotopic (exact) mass is 366 g/mol. The number of amides is 1. The van der Waals surface area contributed by atoms with Gasteiger partial charge in [0.2, 0.25) is 0 Å². The van der Waals surface area contributed by atoms with Crippen LogP contribution in [0.4, 0.5) is 0 Å². The topological polar surface area (TPSA) is 95.3 Å². The van der Waals surface area contributed by atoms with Crippen LogP contribution in [0.2, 0.25) is 0 Å². The molecule has 2 aromatic heterocycles. The largest absolute Gasteiger partial charge is 0.480 e. The number of fused-ring (bicyclic) bond motifs is 2. The molecule has 3 aromatic rings. The van der Waals surface area contributed by atoms with E-state index in [4.69, 9.17) is 4.42 Å². The van der Waals surface area contributed by atoms with E-state index in [1.165, 1.54) is 0 Å². The second-order valence-electron chi connectivity index (χ2n) is 7.07. The summed E-state index contributed by atoms with van der Waals surface area (Å²) >= 11 is 0. The summed E-state index contributed by atoms with van der Waals surface area (Å²) in [5.41, 5.74) is 3.26. The molecule has 2 heterocycles. The molecule has 140 valence electrons. The molecule has 1 aliphatic rings. The van der Waals surface area contributed by atoms with Crippen LogP contribution in [0.25, 0.3) is 10.9 Å². The fraction of sp³-hybridized carbons (Fsp3) is 0.333. The van der Waals surface area contributed by atoms with Crippen molar-refractivity contribution in [2.24, 2.45) is 0 Å². The summed E-state index contributed by atoms with van der Waals surface area (Å²) < 4.78 is 5.75. The van der Waals surface area contributed by atoms with Gasteiger partial charge in [0.15, 0.2) is 0 Å². The number of aliphatic carboxylic acids is 1. The van der Waals surface area contributed by atoms with Crippen molar-refractivity contribution >= 4 is 22.8 Å². The highest BCUT2D eigenvalue weighted by Crippen LogP contribution is 2.29. The van der Waals surface area contributed by atoms with Gasteiger partial charge in [-0.3, -0.25) is 4.79 Å². The van der Waals surface area contributed by atoms with Crippen molar-refractivity contribution < 1.29 is 19.1 Å². The minimum atomic E-state index is -1.05. The average molecular weight is 366 g/mol. The summed E-state index contributed by atoms with van der Waals surface area (Å²) in [6.45, 7) is 1.77. The second-order valence-corrected chi connectivity index (χ2v) is 7.07. The number of carboxylic acids is 1. The minimum absolute atomic E-state index is 0.212. The van der Waals surface area contributed by atoms with Gasteiger partial charge in [-0.2, -0.15) is 0 Å². The van der Waals surface area contributed by atoms with Gasteiger partial charge in [-0.1, -0.05) is 18.2 Å². The molecule has 0 unspecified atom stereocenters. The first kappa shape index (κ1) is 17.4. The number of carbonyl (C=O) groups is 2. The number of carboxylic acid groups (broad SMARTS) is 1. The third-order valence-electron chi connectivity index (χ3n) is 5.28. The number of hydrogen-bond donors (Lipinski definition) is 3. The number of aryl methyl sites for hydroxylation is 2. The van der Waals surface area contributed by atoms with Gasteiger partial charge < -0.3 is 19.8 Å². The lowest BCUT2D eigenvalue weighted by Crippen LogP contribution is -2.42. The van der Waals surface area contributed by atoms with Crippen LogP contribution in [-0.4, -0.2) is 28.0 Å². The molecule has 0 saturated carbocycles. The lowest BCUT2D eigenvalue weighted by Gasteiger charge is -2.16. The maximum atomic E-state index is 12.9. The maximum Gasteiger partial charge on any atom is 0.326 e. The van der Waals surface area contributed by atoms with Gasteiger partial charge in [-0.05, 0) is 37.8 Å².